The molecule has 1 N–H and O–H groups in total. The average Bonchev–Trinajstić information content (AvgIpc) is 3.11. The number of aliphatic hydroxyl groups is 1. The molecule has 0 aliphatic heterocycles. The topological polar surface area (TPSA) is 25.2 Å². The van der Waals surface area contributed by atoms with Crippen LogP contribution in [-0.4, -0.2) is 9.67 Å². The summed E-state index contributed by atoms with van der Waals surface area (Å²) in [6.07, 6.45) is -0.543. The number of hydrogen-bond donors (Lipinski definition) is 1. The predicted molar refractivity (Wildman–Crippen MR) is 97.0 cm³/mol. The van der Waals surface area contributed by atoms with Crippen molar-refractivity contribution >= 4 is 10.9 Å². The monoisotopic (exact) mass is 311 g/mol. The van der Waals surface area contributed by atoms with Crippen LogP contribution in [0.15, 0.2) is 78.9 Å². The van der Waals surface area contributed by atoms with E-state index >= 15 is 0 Å². The van der Waals surface area contributed by atoms with Gasteiger partial charge in [-0.05, 0) is 17.2 Å². The molecule has 0 radical (unpaired) electrons. The van der Waals surface area contributed by atoms with E-state index in [0.717, 1.165) is 34.3 Å². The van der Waals surface area contributed by atoms with Crippen molar-refractivity contribution < 1.29 is 5.11 Å². The Morgan fingerprint density at radius 2 is 1.50 bits per heavy atom. The molecule has 24 heavy (non-hydrogen) atoms. The number of rotatable bonds is 2. The smallest absolute Gasteiger partial charge is 0.107 e. The summed E-state index contributed by atoms with van der Waals surface area (Å²) in [4.78, 5) is 0. The molecule has 1 atom stereocenters. The van der Waals surface area contributed by atoms with Gasteiger partial charge in [0.15, 0.2) is 0 Å². The minimum atomic E-state index is -0.543. The average molecular weight is 311 g/mol. The summed E-state index contributed by atoms with van der Waals surface area (Å²) in [6, 6.07) is 27.1. The first kappa shape index (κ1) is 13.6. The SMILES string of the molecule is OC1c2ccccc2-c2c1c1ccccc1n2Cc1ccccc1. The summed E-state index contributed by atoms with van der Waals surface area (Å²) < 4.78 is 2.34. The molecule has 2 nitrogen and oxygen atoms in total. The highest BCUT2D eigenvalue weighted by Crippen LogP contribution is 2.48. The molecule has 1 aliphatic rings. The Hall–Kier alpha value is -2.84. The molecule has 0 amide bonds. The molecule has 1 unspecified atom stereocenters. The van der Waals surface area contributed by atoms with Gasteiger partial charge in [0.25, 0.3) is 0 Å². The number of aromatic nitrogens is 1. The van der Waals surface area contributed by atoms with Gasteiger partial charge in [-0.15, -0.1) is 0 Å². The van der Waals surface area contributed by atoms with Gasteiger partial charge in [0.2, 0.25) is 0 Å². The number of fused-ring (bicyclic) bond motifs is 5. The van der Waals surface area contributed by atoms with Gasteiger partial charge in [-0.3, -0.25) is 0 Å². The molecule has 1 heterocycles. The van der Waals surface area contributed by atoms with Crippen LogP contribution in [0.2, 0.25) is 0 Å². The highest BCUT2D eigenvalue weighted by atomic mass is 16.3. The Bertz CT molecular complexity index is 1050. The van der Waals surface area contributed by atoms with E-state index in [-0.39, 0.29) is 0 Å². The standard InChI is InChI=1S/C22H17NO/c24-22-17-11-5-4-10-16(17)21-20(22)18-12-6-7-13-19(18)23(21)14-15-8-2-1-3-9-15/h1-13,22,24H,14H2. The zero-order valence-corrected chi connectivity index (χ0v) is 13.2. The lowest BCUT2D eigenvalue weighted by molar-refractivity contribution is 0.226. The summed E-state index contributed by atoms with van der Waals surface area (Å²) in [5.74, 6) is 0. The molecular weight excluding hydrogens is 294 g/mol. The minimum absolute atomic E-state index is 0.543. The van der Waals surface area contributed by atoms with Gasteiger partial charge >= 0.3 is 0 Å². The highest BCUT2D eigenvalue weighted by molar-refractivity contribution is 5.96. The van der Waals surface area contributed by atoms with Gasteiger partial charge in [-0.2, -0.15) is 0 Å². The lowest BCUT2D eigenvalue weighted by Gasteiger charge is -2.11. The molecule has 3 aromatic carbocycles. The second-order valence-corrected chi connectivity index (χ2v) is 6.34. The Labute approximate surface area is 140 Å². The predicted octanol–water partition coefficient (Wildman–Crippen LogP) is 4.75. The summed E-state index contributed by atoms with van der Waals surface area (Å²) >= 11 is 0. The fourth-order valence-corrected chi connectivity index (χ4v) is 3.93. The quantitative estimate of drug-likeness (QED) is 0.568. The Morgan fingerprint density at radius 1 is 0.792 bits per heavy atom. The van der Waals surface area contributed by atoms with E-state index in [1.807, 2.05) is 30.3 Å². The second-order valence-electron chi connectivity index (χ2n) is 6.34. The molecule has 4 aromatic rings. The number of nitrogens with zero attached hydrogens (tertiary/aromatic N) is 1. The van der Waals surface area contributed by atoms with Crippen LogP contribution in [0.5, 0.6) is 0 Å². The number of aliphatic hydroxyl groups excluding tert-OH is 1. The third kappa shape index (κ3) is 1.81. The van der Waals surface area contributed by atoms with E-state index in [9.17, 15) is 5.11 Å². The third-order valence-electron chi connectivity index (χ3n) is 4.98. The van der Waals surface area contributed by atoms with Crippen molar-refractivity contribution in [3.05, 3.63) is 95.6 Å². The van der Waals surface area contributed by atoms with Crippen LogP contribution in [0.1, 0.15) is 22.8 Å². The minimum Gasteiger partial charge on any atom is -0.384 e. The highest BCUT2D eigenvalue weighted by Gasteiger charge is 2.32. The van der Waals surface area contributed by atoms with Gasteiger partial charge in [0, 0.05) is 28.6 Å². The van der Waals surface area contributed by atoms with Gasteiger partial charge in [0.05, 0.1) is 5.69 Å². The van der Waals surface area contributed by atoms with Crippen molar-refractivity contribution in [2.75, 3.05) is 0 Å². The van der Waals surface area contributed by atoms with E-state index in [1.165, 1.54) is 11.1 Å². The summed E-state index contributed by atoms with van der Waals surface area (Å²) in [7, 11) is 0. The van der Waals surface area contributed by atoms with Gasteiger partial charge in [-0.1, -0.05) is 72.8 Å². The van der Waals surface area contributed by atoms with Crippen LogP contribution in [0.4, 0.5) is 0 Å². The van der Waals surface area contributed by atoms with Crippen molar-refractivity contribution in [2.45, 2.75) is 12.6 Å². The number of hydrogen-bond acceptors (Lipinski definition) is 1. The van der Waals surface area contributed by atoms with Crippen LogP contribution in [0.3, 0.4) is 0 Å². The van der Waals surface area contributed by atoms with E-state index in [4.69, 9.17) is 0 Å². The molecule has 2 heteroatoms. The van der Waals surface area contributed by atoms with Crippen molar-refractivity contribution in [1.29, 1.82) is 0 Å². The fourth-order valence-electron chi connectivity index (χ4n) is 3.93. The Kier molecular flexibility index (Phi) is 2.88. The second kappa shape index (κ2) is 5.08. The first-order chi connectivity index (χ1) is 11.8. The zero-order valence-electron chi connectivity index (χ0n) is 13.2. The van der Waals surface area contributed by atoms with Crippen molar-refractivity contribution in [3.8, 4) is 11.3 Å². The molecule has 116 valence electrons. The lowest BCUT2D eigenvalue weighted by atomic mass is 10.1. The fraction of sp³-hybridized carbons (Fsp3) is 0.0909. The molecule has 1 aromatic heterocycles. The van der Waals surface area contributed by atoms with Crippen molar-refractivity contribution in [3.63, 3.8) is 0 Å². The lowest BCUT2D eigenvalue weighted by Crippen LogP contribution is -2.01. The number of benzene rings is 3. The van der Waals surface area contributed by atoms with Crippen LogP contribution >= 0.6 is 0 Å². The summed E-state index contributed by atoms with van der Waals surface area (Å²) in [6.45, 7) is 0.803. The maximum atomic E-state index is 10.9. The van der Waals surface area contributed by atoms with Gasteiger partial charge in [-0.25, -0.2) is 0 Å². The van der Waals surface area contributed by atoms with Crippen molar-refractivity contribution in [2.24, 2.45) is 0 Å². The number of para-hydroxylation sites is 1. The van der Waals surface area contributed by atoms with Crippen LogP contribution in [0, 0.1) is 0 Å². The molecule has 0 bridgehead atoms. The molecule has 5 rings (SSSR count). The van der Waals surface area contributed by atoms with Crippen LogP contribution in [-0.2, 0) is 6.54 Å². The van der Waals surface area contributed by atoms with E-state index < -0.39 is 6.10 Å². The van der Waals surface area contributed by atoms with E-state index in [2.05, 4.69) is 53.1 Å². The summed E-state index contributed by atoms with van der Waals surface area (Å²) in [5, 5.41) is 12.0. The van der Waals surface area contributed by atoms with E-state index in [0.29, 0.717) is 0 Å². The Balaban J connectivity index is 1.82. The van der Waals surface area contributed by atoms with Crippen molar-refractivity contribution in [1.82, 2.24) is 4.57 Å². The molecule has 0 saturated carbocycles. The largest absolute Gasteiger partial charge is 0.384 e. The van der Waals surface area contributed by atoms with Crippen LogP contribution < -0.4 is 0 Å². The maximum Gasteiger partial charge on any atom is 0.107 e. The molecule has 0 fully saturated rings. The van der Waals surface area contributed by atoms with E-state index in [1.54, 1.807) is 0 Å². The van der Waals surface area contributed by atoms with Gasteiger partial charge in [0.1, 0.15) is 6.10 Å². The normalized spacial score (nSPS) is 15.5. The van der Waals surface area contributed by atoms with Crippen LogP contribution in [0.25, 0.3) is 22.2 Å². The molecule has 1 aliphatic carbocycles. The third-order valence-corrected chi connectivity index (χ3v) is 4.98. The summed E-state index contributed by atoms with van der Waals surface area (Å²) in [5.41, 5.74) is 6.80. The molecular formula is C22H17NO. The first-order valence-electron chi connectivity index (χ1n) is 8.27. The maximum absolute atomic E-state index is 10.9. The van der Waals surface area contributed by atoms with Gasteiger partial charge < -0.3 is 9.67 Å². The molecule has 0 saturated heterocycles. The zero-order chi connectivity index (χ0) is 16.1. The Morgan fingerprint density at radius 3 is 2.38 bits per heavy atom. The first-order valence-corrected chi connectivity index (χ1v) is 8.27. The molecule has 0 spiro atoms.